The monoisotopic (exact) mass is 510 g/mol. The fraction of sp³-hybridized carbons (Fsp3) is 0.100. The zero-order chi connectivity index (χ0) is 25.9. The third kappa shape index (κ3) is 4.99. The lowest BCUT2D eigenvalue weighted by atomic mass is 10.0. The molecule has 184 valence electrons. The number of nitrogens with zero attached hydrogens (tertiary/aromatic N) is 1. The molecular weight excluding hydrogens is 487 g/mol. The number of carbonyl (C=O) groups excluding carboxylic acids is 2. The number of halogens is 1. The van der Waals surface area contributed by atoms with Gasteiger partial charge < -0.3 is 10.1 Å². The molecule has 3 aromatic carbocycles. The number of benzene rings is 3. The number of nitrogens with one attached hydrogen (secondary N) is 1. The summed E-state index contributed by atoms with van der Waals surface area (Å²) < 4.78 is 18.8. The maximum absolute atomic E-state index is 13.7. The molecule has 37 heavy (non-hydrogen) atoms. The second-order valence-corrected chi connectivity index (χ2v) is 9.36. The Hall–Kier alpha value is -4.36. The van der Waals surface area contributed by atoms with Gasteiger partial charge in [0, 0.05) is 21.9 Å². The van der Waals surface area contributed by atoms with Crippen LogP contribution in [-0.2, 0) is 4.74 Å². The number of rotatable bonds is 6. The Morgan fingerprint density at radius 3 is 2.51 bits per heavy atom. The van der Waals surface area contributed by atoms with Crippen molar-refractivity contribution in [1.29, 1.82) is 0 Å². The molecule has 0 saturated carbocycles. The molecule has 1 amide bonds. The normalized spacial score (nSPS) is 10.9. The molecule has 5 nitrogen and oxygen atoms in total. The zero-order valence-electron chi connectivity index (χ0n) is 20.2. The molecule has 0 atom stereocenters. The van der Waals surface area contributed by atoms with E-state index in [1.807, 2.05) is 55.5 Å². The Labute approximate surface area is 217 Å². The average molecular weight is 511 g/mol. The molecule has 0 spiro atoms. The van der Waals surface area contributed by atoms with Crippen molar-refractivity contribution in [1.82, 2.24) is 4.98 Å². The van der Waals surface area contributed by atoms with Gasteiger partial charge in [0.25, 0.3) is 5.91 Å². The minimum Gasteiger partial charge on any atom is -0.462 e. The van der Waals surface area contributed by atoms with E-state index in [4.69, 9.17) is 9.72 Å². The van der Waals surface area contributed by atoms with Gasteiger partial charge in [0.05, 0.1) is 23.4 Å². The maximum Gasteiger partial charge on any atom is 0.341 e. The molecule has 0 bridgehead atoms. The number of anilines is 1. The first-order chi connectivity index (χ1) is 17.9. The third-order valence-corrected chi connectivity index (χ3v) is 6.82. The second kappa shape index (κ2) is 10.3. The van der Waals surface area contributed by atoms with Crippen molar-refractivity contribution in [3.05, 3.63) is 107 Å². The van der Waals surface area contributed by atoms with Crippen LogP contribution in [0.1, 0.15) is 33.2 Å². The number of esters is 1. The molecule has 1 N–H and O–H groups in total. The molecule has 0 fully saturated rings. The number of aryl methyl sites for hydroxylation is 1. The van der Waals surface area contributed by atoms with E-state index in [1.54, 1.807) is 30.5 Å². The lowest BCUT2D eigenvalue weighted by molar-refractivity contribution is 0.0529. The largest absolute Gasteiger partial charge is 0.462 e. The summed E-state index contributed by atoms with van der Waals surface area (Å²) in [6.07, 6.45) is 0. The summed E-state index contributed by atoms with van der Waals surface area (Å²) in [5, 5.41) is 5.75. The van der Waals surface area contributed by atoms with Crippen LogP contribution in [-0.4, -0.2) is 23.5 Å². The highest BCUT2D eigenvalue weighted by Crippen LogP contribution is 2.37. The minimum atomic E-state index is -0.557. The standard InChI is InChI=1S/C30H23FN2O3S/c1-3-36-30(35)27-24(19-11-13-21(31)14-12-19)17-37-29(27)33-28(34)23-16-26(20-8-6-7-18(2)15-20)32-25-10-5-4-9-22(23)25/h4-17H,3H2,1-2H3,(H,33,34). The van der Waals surface area contributed by atoms with Crippen molar-refractivity contribution in [3.8, 4) is 22.4 Å². The van der Waals surface area contributed by atoms with E-state index in [0.717, 1.165) is 11.1 Å². The van der Waals surface area contributed by atoms with Gasteiger partial charge in [0.15, 0.2) is 0 Å². The lowest BCUT2D eigenvalue weighted by Crippen LogP contribution is -2.15. The topological polar surface area (TPSA) is 68.3 Å². The number of ether oxygens (including phenoxy) is 1. The zero-order valence-corrected chi connectivity index (χ0v) is 21.1. The SMILES string of the molecule is CCOC(=O)c1c(-c2ccc(F)cc2)csc1NC(=O)c1cc(-c2cccc(C)c2)nc2ccccc12. The fourth-order valence-electron chi connectivity index (χ4n) is 4.18. The van der Waals surface area contributed by atoms with E-state index < -0.39 is 5.97 Å². The summed E-state index contributed by atoms with van der Waals surface area (Å²) in [5.41, 5.74) is 5.26. The van der Waals surface area contributed by atoms with Gasteiger partial charge in [-0.3, -0.25) is 4.79 Å². The van der Waals surface area contributed by atoms with Crippen molar-refractivity contribution in [2.24, 2.45) is 0 Å². The predicted octanol–water partition coefficient (Wildman–Crippen LogP) is 7.51. The maximum atomic E-state index is 13.7. The molecule has 0 aliphatic rings. The van der Waals surface area contributed by atoms with Gasteiger partial charge in [-0.1, -0.05) is 54.1 Å². The number of thiophene rings is 1. The van der Waals surface area contributed by atoms with Crippen LogP contribution in [0.25, 0.3) is 33.3 Å². The number of hydrogen-bond donors (Lipinski definition) is 1. The molecule has 2 aromatic heterocycles. The number of fused-ring (bicyclic) bond motifs is 1. The van der Waals surface area contributed by atoms with Crippen molar-refractivity contribution in [2.75, 3.05) is 11.9 Å². The van der Waals surface area contributed by atoms with E-state index >= 15 is 0 Å². The van der Waals surface area contributed by atoms with Crippen molar-refractivity contribution < 1.29 is 18.7 Å². The van der Waals surface area contributed by atoms with Crippen LogP contribution in [0.2, 0.25) is 0 Å². The fourth-order valence-corrected chi connectivity index (χ4v) is 5.14. The number of hydrogen-bond acceptors (Lipinski definition) is 5. The molecule has 7 heteroatoms. The average Bonchev–Trinajstić information content (AvgIpc) is 3.32. The quantitative estimate of drug-likeness (QED) is 0.240. The highest BCUT2D eigenvalue weighted by Gasteiger charge is 2.24. The summed E-state index contributed by atoms with van der Waals surface area (Å²) >= 11 is 1.22. The van der Waals surface area contributed by atoms with Crippen LogP contribution in [0.3, 0.4) is 0 Å². The molecule has 2 heterocycles. The third-order valence-electron chi connectivity index (χ3n) is 5.93. The number of carbonyl (C=O) groups is 2. The number of aromatic nitrogens is 1. The van der Waals surface area contributed by atoms with Crippen molar-refractivity contribution in [3.63, 3.8) is 0 Å². The van der Waals surface area contributed by atoms with Gasteiger partial charge in [-0.15, -0.1) is 11.3 Å². The molecule has 5 aromatic rings. The van der Waals surface area contributed by atoms with Crippen LogP contribution >= 0.6 is 11.3 Å². The van der Waals surface area contributed by atoms with E-state index in [-0.39, 0.29) is 23.9 Å². The summed E-state index contributed by atoms with van der Waals surface area (Å²) in [5.74, 6) is -1.30. The molecule has 5 rings (SSSR count). The van der Waals surface area contributed by atoms with Gasteiger partial charge in [-0.25, -0.2) is 14.2 Å². The van der Waals surface area contributed by atoms with E-state index in [1.165, 1.54) is 23.5 Å². The Balaban J connectivity index is 1.58. The van der Waals surface area contributed by atoms with Crippen LogP contribution < -0.4 is 5.32 Å². The molecule has 0 aliphatic heterocycles. The lowest BCUT2D eigenvalue weighted by Gasteiger charge is -2.12. The van der Waals surface area contributed by atoms with Gasteiger partial charge in [0.2, 0.25) is 0 Å². The highest BCUT2D eigenvalue weighted by molar-refractivity contribution is 7.15. The molecule has 0 aliphatic carbocycles. The van der Waals surface area contributed by atoms with Crippen LogP contribution in [0.4, 0.5) is 9.39 Å². The van der Waals surface area contributed by atoms with E-state index in [0.29, 0.717) is 38.3 Å². The summed E-state index contributed by atoms with van der Waals surface area (Å²) in [6.45, 7) is 3.90. The molecule has 0 unspecified atom stereocenters. The molecule has 0 saturated heterocycles. The highest BCUT2D eigenvalue weighted by atomic mass is 32.1. The Bertz CT molecular complexity index is 1630. The predicted molar refractivity (Wildman–Crippen MR) is 146 cm³/mol. The van der Waals surface area contributed by atoms with Crippen molar-refractivity contribution in [2.45, 2.75) is 13.8 Å². The first kappa shape index (κ1) is 24.3. The summed E-state index contributed by atoms with van der Waals surface area (Å²) in [4.78, 5) is 31.4. The Morgan fingerprint density at radius 1 is 0.973 bits per heavy atom. The van der Waals surface area contributed by atoms with Gasteiger partial charge in [-0.05, 0) is 49.7 Å². The number of para-hydroxylation sites is 1. The van der Waals surface area contributed by atoms with Gasteiger partial charge in [-0.2, -0.15) is 0 Å². The van der Waals surface area contributed by atoms with Crippen LogP contribution in [0.5, 0.6) is 0 Å². The van der Waals surface area contributed by atoms with E-state index in [2.05, 4.69) is 5.32 Å². The second-order valence-electron chi connectivity index (χ2n) is 8.48. The smallest absolute Gasteiger partial charge is 0.341 e. The van der Waals surface area contributed by atoms with Gasteiger partial charge in [0.1, 0.15) is 16.4 Å². The van der Waals surface area contributed by atoms with Crippen molar-refractivity contribution >= 4 is 39.1 Å². The van der Waals surface area contributed by atoms with Crippen LogP contribution in [0, 0.1) is 12.7 Å². The van der Waals surface area contributed by atoms with Crippen LogP contribution in [0.15, 0.2) is 84.2 Å². The Kier molecular flexibility index (Phi) is 6.79. The van der Waals surface area contributed by atoms with E-state index in [9.17, 15) is 14.0 Å². The Morgan fingerprint density at radius 2 is 1.76 bits per heavy atom. The number of amides is 1. The first-order valence-electron chi connectivity index (χ1n) is 11.8. The summed E-state index contributed by atoms with van der Waals surface area (Å²) in [7, 11) is 0. The number of pyridine rings is 1. The molecule has 0 radical (unpaired) electrons. The minimum absolute atomic E-state index is 0.180. The van der Waals surface area contributed by atoms with Gasteiger partial charge >= 0.3 is 5.97 Å². The molecular formula is C30H23FN2O3S. The first-order valence-corrected chi connectivity index (χ1v) is 12.6. The summed E-state index contributed by atoms with van der Waals surface area (Å²) in [6, 6.07) is 23.0.